The van der Waals surface area contributed by atoms with Gasteiger partial charge in [-0.1, -0.05) is 22.9 Å². The van der Waals surface area contributed by atoms with Crippen molar-refractivity contribution in [1.82, 2.24) is 10.6 Å². The molecule has 0 aliphatic carbocycles. The van der Waals surface area contributed by atoms with E-state index in [1.165, 1.54) is 11.8 Å². The number of nitrogens with one attached hydrogen (secondary N) is 2. The van der Waals surface area contributed by atoms with E-state index in [0.717, 1.165) is 21.4 Å². The molecule has 2 amide bonds. The summed E-state index contributed by atoms with van der Waals surface area (Å²) in [6, 6.07) is 5.78. The molecule has 0 aromatic heterocycles. The molecule has 0 unspecified atom stereocenters. The molecule has 8 heteroatoms. The molecular formula is C16H21BrN2O4S. The molecule has 1 aromatic carbocycles. The first-order chi connectivity index (χ1) is 11.4. The van der Waals surface area contributed by atoms with Crippen molar-refractivity contribution in [2.24, 2.45) is 0 Å². The number of aryl methyl sites for hydroxylation is 1. The van der Waals surface area contributed by atoms with Gasteiger partial charge in [0.1, 0.15) is 0 Å². The molecule has 0 radical (unpaired) electrons. The lowest BCUT2D eigenvalue weighted by molar-refractivity contribution is -0.146. The molecule has 0 saturated heterocycles. The number of amides is 2. The third-order valence-electron chi connectivity index (χ3n) is 2.87. The number of benzene rings is 1. The Kier molecular flexibility index (Phi) is 9.48. The van der Waals surface area contributed by atoms with Gasteiger partial charge in [-0.15, -0.1) is 11.8 Å². The van der Waals surface area contributed by atoms with Gasteiger partial charge in [-0.2, -0.15) is 0 Å². The van der Waals surface area contributed by atoms with Crippen LogP contribution in [0.15, 0.2) is 27.6 Å². The van der Waals surface area contributed by atoms with Crippen LogP contribution in [0.4, 0.5) is 0 Å². The number of halogens is 1. The van der Waals surface area contributed by atoms with Gasteiger partial charge in [-0.3, -0.25) is 14.4 Å². The van der Waals surface area contributed by atoms with E-state index in [0.29, 0.717) is 6.54 Å². The van der Waals surface area contributed by atoms with Crippen LogP contribution in [0, 0.1) is 6.92 Å². The molecule has 0 saturated carbocycles. The molecule has 2 N–H and O–H groups in total. The Bertz CT molecular complexity index is 595. The van der Waals surface area contributed by atoms with E-state index in [2.05, 4.69) is 26.6 Å². The topological polar surface area (TPSA) is 84.5 Å². The largest absolute Gasteiger partial charge is 0.455 e. The fourth-order valence-electron chi connectivity index (χ4n) is 1.66. The van der Waals surface area contributed by atoms with E-state index in [9.17, 15) is 14.4 Å². The Balaban J connectivity index is 2.23. The summed E-state index contributed by atoms with van der Waals surface area (Å²) in [5, 5.41) is 5.03. The number of esters is 1. The zero-order valence-corrected chi connectivity index (χ0v) is 16.1. The molecule has 24 heavy (non-hydrogen) atoms. The van der Waals surface area contributed by atoms with Crippen LogP contribution < -0.4 is 10.6 Å². The first-order valence-corrected chi connectivity index (χ1v) is 9.28. The van der Waals surface area contributed by atoms with Crippen LogP contribution in [0.3, 0.4) is 0 Å². The van der Waals surface area contributed by atoms with E-state index >= 15 is 0 Å². The number of thioether (sulfide) groups is 1. The first kappa shape index (κ1) is 20.5. The maximum atomic E-state index is 11.7. The highest BCUT2D eigenvalue weighted by Crippen LogP contribution is 2.25. The second-order valence-corrected chi connectivity index (χ2v) is 6.92. The van der Waals surface area contributed by atoms with Gasteiger partial charge in [0.25, 0.3) is 5.91 Å². The Morgan fingerprint density at radius 1 is 1.21 bits per heavy atom. The summed E-state index contributed by atoms with van der Waals surface area (Å²) >= 11 is 4.73. The van der Waals surface area contributed by atoms with Crippen LogP contribution in [0.1, 0.15) is 18.9 Å². The maximum Gasteiger partial charge on any atom is 0.316 e. The van der Waals surface area contributed by atoms with Crippen LogP contribution in [-0.4, -0.2) is 43.2 Å². The summed E-state index contributed by atoms with van der Waals surface area (Å²) in [5.41, 5.74) is 1.05. The van der Waals surface area contributed by atoms with Gasteiger partial charge in [0, 0.05) is 15.9 Å². The lowest BCUT2D eigenvalue weighted by Crippen LogP contribution is -2.39. The standard InChI is InChI=1S/C16H21BrN2O4S/c1-3-6-18-14(20)8-19-15(21)9-23-16(22)10-24-13-5-4-12(17)7-11(13)2/h4-5,7H,3,6,8-10H2,1-2H3,(H,18,20)(H,19,21). The molecule has 0 aliphatic heterocycles. The zero-order chi connectivity index (χ0) is 17.9. The smallest absolute Gasteiger partial charge is 0.316 e. The molecule has 0 bridgehead atoms. The van der Waals surface area contributed by atoms with E-state index in [-0.39, 0.29) is 24.8 Å². The first-order valence-electron chi connectivity index (χ1n) is 7.50. The van der Waals surface area contributed by atoms with Gasteiger partial charge >= 0.3 is 5.97 Å². The van der Waals surface area contributed by atoms with Crippen LogP contribution in [-0.2, 0) is 19.1 Å². The number of carbonyl (C=O) groups is 3. The van der Waals surface area contributed by atoms with E-state index in [4.69, 9.17) is 4.74 Å². The Labute approximate surface area is 154 Å². The van der Waals surface area contributed by atoms with Crippen LogP contribution in [0.5, 0.6) is 0 Å². The number of carbonyl (C=O) groups excluding carboxylic acids is 3. The minimum atomic E-state index is -0.500. The van der Waals surface area contributed by atoms with Gasteiger partial charge in [-0.25, -0.2) is 0 Å². The Morgan fingerprint density at radius 2 is 1.96 bits per heavy atom. The number of hydrogen-bond donors (Lipinski definition) is 2. The SMILES string of the molecule is CCCNC(=O)CNC(=O)COC(=O)CSc1ccc(Br)cc1C. The van der Waals surface area contributed by atoms with E-state index in [1.54, 1.807) is 0 Å². The second kappa shape index (κ2) is 11.1. The summed E-state index contributed by atoms with van der Waals surface area (Å²) in [4.78, 5) is 35.5. The van der Waals surface area contributed by atoms with Crippen molar-refractivity contribution in [3.63, 3.8) is 0 Å². The molecule has 0 atom stereocenters. The third-order valence-corrected chi connectivity index (χ3v) is 4.51. The van der Waals surface area contributed by atoms with Crippen molar-refractivity contribution in [3.8, 4) is 0 Å². The average molecular weight is 417 g/mol. The van der Waals surface area contributed by atoms with Crippen LogP contribution >= 0.6 is 27.7 Å². The van der Waals surface area contributed by atoms with Crippen molar-refractivity contribution in [2.75, 3.05) is 25.4 Å². The van der Waals surface area contributed by atoms with Crippen molar-refractivity contribution < 1.29 is 19.1 Å². The fraction of sp³-hybridized carbons (Fsp3) is 0.438. The van der Waals surface area contributed by atoms with Gasteiger partial charge < -0.3 is 15.4 Å². The monoisotopic (exact) mass is 416 g/mol. The van der Waals surface area contributed by atoms with E-state index in [1.807, 2.05) is 32.0 Å². The van der Waals surface area contributed by atoms with Crippen molar-refractivity contribution >= 4 is 45.5 Å². The van der Waals surface area contributed by atoms with Gasteiger partial charge in [0.15, 0.2) is 6.61 Å². The van der Waals surface area contributed by atoms with Crippen molar-refractivity contribution in [2.45, 2.75) is 25.2 Å². The molecular weight excluding hydrogens is 396 g/mol. The Hall–Kier alpha value is -1.54. The minimum Gasteiger partial charge on any atom is -0.455 e. The molecule has 1 rings (SSSR count). The van der Waals surface area contributed by atoms with Crippen LogP contribution in [0.2, 0.25) is 0 Å². The lowest BCUT2D eigenvalue weighted by Gasteiger charge is -2.08. The van der Waals surface area contributed by atoms with Crippen molar-refractivity contribution in [1.29, 1.82) is 0 Å². The highest BCUT2D eigenvalue weighted by molar-refractivity contribution is 9.10. The minimum absolute atomic E-state index is 0.118. The predicted octanol–water partition coefficient (Wildman–Crippen LogP) is 2.04. The molecule has 0 heterocycles. The zero-order valence-electron chi connectivity index (χ0n) is 13.7. The maximum absolute atomic E-state index is 11.7. The predicted molar refractivity (Wildman–Crippen MR) is 96.9 cm³/mol. The highest BCUT2D eigenvalue weighted by atomic mass is 79.9. The third kappa shape index (κ3) is 8.35. The quantitative estimate of drug-likeness (QED) is 0.475. The molecule has 0 fully saturated rings. The molecule has 132 valence electrons. The summed E-state index contributed by atoms with van der Waals surface area (Å²) in [6.07, 6.45) is 0.826. The number of hydrogen-bond acceptors (Lipinski definition) is 5. The number of rotatable bonds is 9. The van der Waals surface area contributed by atoms with Crippen LogP contribution in [0.25, 0.3) is 0 Å². The summed E-state index contributed by atoms with van der Waals surface area (Å²) in [5.74, 6) is -1.13. The van der Waals surface area contributed by atoms with Gasteiger partial charge in [0.05, 0.1) is 12.3 Å². The summed E-state index contributed by atoms with van der Waals surface area (Å²) in [7, 11) is 0. The summed E-state index contributed by atoms with van der Waals surface area (Å²) in [6.45, 7) is 3.95. The summed E-state index contributed by atoms with van der Waals surface area (Å²) < 4.78 is 5.87. The van der Waals surface area contributed by atoms with Crippen molar-refractivity contribution in [3.05, 3.63) is 28.2 Å². The Morgan fingerprint density at radius 3 is 2.62 bits per heavy atom. The van der Waals surface area contributed by atoms with Gasteiger partial charge in [-0.05, 0) is 37.1 Å². The molecule has 6 nitrogen and oxygen atoms in total. The second-order valence-electron chi connectivity index (χ2n) is 4.99. The van der Waals surface area contributed by atoms with Gasteiger partial charge in [0.2, 0.25) is 5.91 Å². The highest BCUT2D eigenvalue weighted by Gasteiger charge is 2.10. The average Bonchev–Trinajstić information content (AvgIpc) is 2.55. The lowest BCUT2D eigenvalue weighted by atomic mass is 10.2. The molecule has 1 aromatic rings. The fourth-order valence-corrected chi connectivity index (χ4v) is 2.94. The molecule has 0 spiro atoms. The normalized spacial score (nSPS) is 10.1. The van der Waals surface area contributed by atoms with E-state index < -0.39 is 11.9 Å². The number of ether oxygens (including phenoxy) is 1. The molecule has 0 aliphatic rings.